The number of hydrogen-bond acceptors (Lipinski definition) is 4. The average Bonchev–Trinajstić information content (AvgIpc) is 3.07. The summed E-state index contributed by atoms with van der Waals surface area (Å²) in [5.41, 5.74) is 4.59. The predicted octanol–water partition coefficient (Wildman–Crippen LogP) is 1.17. The van der Waals surface area contributed by atoms with E-state index in [1.54, 1.807) is 6.08 Å². The van der Waals surface area contributed by atoms with Gasteiger partial charge in [-0.3, -0.25) is 0 Å². The molecule has 1 aliphatic carbocycles. The van der Waals surface area contributed by atoms with Crippen molar-refractivity contribution in [2.75, 3.05) is 13.1 Å². The number of hydrogen-bond donors (Lipinski definition) is 3. The normalized spacial score (nSPS) is 39.0. The Morgan fingerprint density at radius 2 is 2.25 bits per heavy atom. The monoisotopic (exact) mass is 276 g/mol. The molecular weight excluding hydrogens is 255 g/mol. The lowest BCUT2D eigenvalue weighted by atomic mass is 10.1. The largest absolute Gasteiger partial charge is 0.381 e. The van der Waals surface area contributed by atoms with Crippen molar-refractivity contribution in [1.82, 2.24) is 21.1 Å². The van der Waals surface area contributed by atoms with E-state index in [-0.39, 0.29) is 11.9 Å². The second-order valence-electron chi connectivity index (χ2n) is 6.25. The summed E-state index contributed by atoms with van der Waals surface area (Å²) in [7, 11) is 0. The van der Waals surface area contributed by atoms with Crippen molar-refractivity contribution in [3.8, 4) is 0 Å². The van der Waals surface area contributed by atoms with Crippen LogP contribution in [0, 0.1) is 5.92 Å². The Labute approximate surface area is 118 Å². The first-order chi connectivity index (χ1) is 9.78. The highest BCUT2D eigenvalue weighted by Crippen LogP contribution is 2.40. The molecular formula is C15H21FN4. The van der Waals surface area contributed by atoms with Crippen LogP contribution in [-0.2, 0) is 0 Å². The van der Waals surface area contributed by atoms with Crippen molar-refractivity contribution in [2.24, 2.45) is 5.92 Å². The fourth-order valence-electron chi connectivity index (χ4n) is 3.47. The fourth-order valence-corrected chi connectivity index (χ4v) is 3.47. The number of allylic oxidation sites excluding steroid dienone is 2. The van der Waals surface area contributed by atoms with Crippen molar-refractivity contribution in [3.05, 3.63) is 36.0 Å². The van der Waals surface area contributed by atoms with Gasteiger partial charge in [0.1, 0.15) is 5.83 Å². The van der Waals surface area contributed by atoms with Crippen LogP contribution in [0.3, 0.4) is 0 Å². The van der Waals surface area contributed by atoms with Gasteiger partial charge in [-0.25, -0.2) is 9.82 Å². The summed E-state index contributed by atoms with van der Waals surface area (Å²) in [5, 5.41) is 8.99. The van der Waals surface area contributed by atoms with Crippen LogP contribution >= 0.6 is 0 Å². The Bertz CT molecular complexity index is 474. The second-order valence-corrected chi connectivity index (χ2v) is 6.25. The predicted molar refractivity (Wildman–Crippen MR) is 76.1 cm³/mol. The fraction of sp³-hybridized carbons (Fsp3) is 0.600. The summed E-state index contributed by atoms with van der Waals surface area (Å²) >= 11 is 0. The Kier molecular flexibility index (Phi) is 3.04. The lowest BCUT2D eigenvalue weighted by Gasteiger charge is -2.35. The van der Waals surface area contributed by atoms with Gasteiger partial charge in [-0.1, -0.05) is 6.08 Å². The van der Waals surface area contributed by atoms with Crippen LogP contribution in [0.1, 0.15) is 19.3 Å². The number of nitrogens with one attached hydrogen (secondary N) is 3. The molecule has 3 N–H and O–H groups in total. The van der Waals surface area contributed by atoms with Crippen LogP contribution in [-0.4, -0.2) is 36.2 Å². The van der Waals surface area contributed by atoms with E-state index < -0.39 is 0 Å². The first kappa shape index (κ1) is 12.4. The molecule has 1 saturated heterocycles. The molecule has 3 aliphatic heterocycles. The average molecular weight is 276 g/mol. The molecule has 2 unspecified atom stereocenters. The third kappa shape index (κ3) is 2.47. The Morgan fingerprint density at radius 3 is 3.00 bits per heavy atom. The maximum atomic E-state index is 13.0. The van der Waals surface area contributed by atoms with Gasteiger partial charge in [0, 0.05) is 30.5 Å². The standard InChI is InChI=1S/C15H21FN4/c16-11-3-4-13(17-8-11)14-2-1-5-20(19-14)9-12-6-10-7-15(10)18-12/h1,3-5,10,12,14-15,17-19H,2,6-9H2/t10?,12-,14?,15-/m0/s1. The molecule has 1 saturated carbocycles. The number of dihydropyridines is 1. The number of piperidine rings is 1. The number of rotatable bonds is 3. The van der Waals surface area contributed by atoms with E-state index in [0.29, 0.717) is 12.6 Å². The van der Waals surface area contributed by atoms with Crippen LogP contribution in [0.25, 0.3) is 0 Å². The van der Waals surface area contributed by atoms with Crippen molar-refractivity contribution in [1.29, 1.82) is 0 Å². The van der Waals surface area contributed by atoms with Gasteiger partial charge in [-0.2, -0.15) is 0 Å². The van der Waals surface area contributed by atoms with Crippen molar-refractivity contribution in [2.45, 2.75) is 37.4 Å². The van der Waals surface area contributed by atoms with Crippen molar-refractivity contribution >= 4 is 0 Å². The van der Waals surface area contributed by atoms with Gasteiger partial charge in [0.25, 0.3) is 0 Å². The highest BCUT2D eigenvalue weighted by molar-refractivity contribution is 5.25. The molecule has 0 aromatic heterocycles. The van der Waals surface area contributed by atoms with Crippen LogP contribution < -0.4 is 16.1 Å². The maximum absolute atomic E-state index is 13.0. The molecule has 0 spiro atoms. The highest BCUT2D eigenvalue weighted by Gasteiger charge is 2.45. The second kappa shape index (κ2) is 4.90. The van der Waals surface area contributed by atoms with E-state index in [1.165, 1.54) is 12.8 Å². The van der Waals surface area contributed by atoms with E-state index in [0.717, 1.165) is 30.6 Å². The molecule has 0 aromatic carbocycles. The highest BCUT2D eigenvalue weighted by atomic mass is 19.1. The molecule has 0 bridgehead atoms. The number of nitrogens with zero attached hydrogens (tertiary/aromatic N) is 1. The quantitative estimate of drug-likeness (QED) is 0.723. The minimum atomic E-state index is -0.105. The van der Waals surface area contributed by atoms with Gasteiger partial charge >= 0.3 is 0 Å². The number of fused-ring (bicyclic) bond motifs is 1. The number of halogens is 1. The third-order valence-electron chi connectivity index (χ3n) is 4.64. The molecule has 108 valence electrons. The SMILES string of the molecule is FC1=CC=C(C2CC=CN(C[C@@H]3CC4C[C@@H]4N3)N2)NC1. The van der Waals surface area contributed by atoms with Crippen LogP contribution in [0.15, 0.2) is 36.0 Å². The Hall–Kier alpha value is -1.33. The van der Waals surface area contributed by atoms with Crippen LogP contribution in [0.2, 0.25) is 0 Å². The lowest BCUT2D eigenvalue weighted by molar-refractivity contribution is 0.202. The summed E-state index contributed by atoms with van der Waals surface area (Å²) in [6, 6.07) is 1.61. The Morgan fingerprint density at radius 1 is 1.30 bits per heavy atom. The molecule has 5 heteroatoms. The Balaban J connectivity index is 1.35. The summed E-state index contributed by atoms with van der Waals surface area (Å²) in [6.07, 6.45) is 11.3. The maximum Gasteiger partial charge on any atom is 0.119 e. The summed E-state index contributed by atoms with van der Waals surface area (Å²) in [4.78, 5) is 0. The lowest BCUT2D eigenvalue weighted by Crippen LogP contribution is -2.51. The van der Waals surface area contributed by atoms with Crippen LogP contribution in [0.4, 0.5) is 4.39 Å². The molecule has 0 aromatic rings. The van der Waals surface area contributed by atoms with Crippen LogP contribution in [0.5, 0.6) is 0 Å². The molecule has 4 rings (SSSR count). The van der Waals surface area contributed by atoms with E-state index >= 15 is 0 Å². The van der Waals surface area contributed by atoms with E-state index in [9.17, 15) is 4.39 Å². The summed E-state index contributed by atoms with van der Waals surface area (Å²) < 4.78 is 13.0. The summed E-state index contributed by atoms with van der Waals surface area (Å²) in [5.74, 6) is 0.826. The molecule has 0 radical (unpaired) electrons. The zero-order chi connectivity index (χ0) is 13.5. The van der Waals surface area contributed by atoms with Gasteiger partial charge in [0.15, 0.2) is 0 Å². The minimum Gasteiger partial charge on any atom is -0.381 e. The van der Waals surface area contributed by atoms with E-state index in [4.69, 9.17) is 0 Å². The molecule has 0 amide bonds. The third-order valence-corrected chi connectivity index (χ3v) is 4.64. The van der Waals surface area contributed by atoms with Gasteiger partial charge in [0.05, 0.1) is 12.6 Å². The van der Waals surface area contributed by atoms with E-state index in [1.807, 2.05) is 6.08 Å². The first-order valence-electron chi connectivity index (χ1n) is 7.53. The van der Waals surface area contributed by atoms with Crippen molar-refractivity contribution in [3.63, 3.8) is 0 Å². The van der Waals surface area contributed by atoms with Crippen molar-refractivity contribution < 1.29 is 4.39 Å². The van der Waals surface area contributed by atoms with Gasteiger partial charge in [0.2, 0.25) is 0 Å². The topological polar surface area (TPSA) is 39.3 Å². The molecule has 4 nitrogen and oxygen atoms in total. The summed E-state index contributed by atoms with van der Waals surface area (Å²) in [6.45, 7) is 1.30. The molecule has 4 atom stereocenters. The smallest absolute Gasteiger partial charge is 0.119 e. The zero-order valence-electron chi connectivity index (χ0n) is 11.5. The first-order valence-corrected chi connectivity index (χ1v) is 7.53. The molecule has 3 heterocycles. The molecule has 4 aliphatic rings. The molecule has 20 heavy (non-hydrogen) atoms. The molecule has 2 fully saturated rings. The van der Waals surface area contributed by atoms with Gasteiger partial charge in [-0.15, -0.1) is 0 Å². The van der Waals surface area contributed by atoms with E-state index in [2.05, 4.69) is 33.3 Å². The zero-order valence-corrected chi connectivity index (χ0v) is 11.5. The van der Waals surface area contributed by atoms with Gasteiger partial charge in [-0.05, 0) is 37.3 Å². The number of hydrazine groups is 1. The van der Waals surface area contributed by atoms with Gasteiger partial charge < -0.3 is 15.6 Å². The minimum absolute atomic E-state index is 0.105.